The summed E-state index contributed by atoms with van der Waals surface area (Å²) < 4.78 is 7.18. The third kappa shape index (κ3) is 3.49. The van der Waals surface area contributed by atoms with Gasteiger partial charge in [-0.05, 0) is 62.9 Å². The highest BCUT2D eigenvalue weighted by atomic mass is 16.5. The third-order valence-electron chi connectivity index (χ3n) is 5.44. The molecule has 3 rings (SSSR count). The second-order valence-electron chi connectivity index (χ2n) is 6.88. The maximum Gasteiger partial charge on any atom is 0.343 e. The lowest BCUT2D eigenvalue weighted by Crippen LogP contribution is -2.35. The Morgan fingerprint density at radius 1 is 1.32 bits per heavy atom. The Balaban J connectivity index is 1.76. The van der Waals surface area contributed by atoms with Gasteiger partial charge in [0.05, 0.1) is 7.11 Å². The topological polar surface area (TPSA) is 63.1 Å². The molecule has 1 unspecified atom stereocenters. The minimum Gasteiger partial charge on any atom is -0.496 e. The third-order valence-corrected chi connectivity index (χ3v) is 5.44. The molecule has 0 spiro atoms. The van der Waals surface area contributed by atoms with E-state index >= 15 is 0 Å². The van der Waals surface area contributed by atoms with Crippen molar-refractivity contribution >= 4 is 0 Å². The van der Waals surface area contributed by atoms with E-state index < -0.39 is 0 Å². The van der Waals surface area contributed by atoms with Crippen LogP contribution in [-0.2, 0) is 13.1 Å². The van der Waals surface area contributed by atoms with Crippen molar-refractivity contribution in [3.05, 3.63) is 45.1 Å². The van der Waals surface area contributed by atoms with Gasteiger partial charge in [-0.15, -0.1) is 0 Å². The van der Waals surface area contributed by atoms with Gasteiger partial charge in [-0.1, -0.05) is 6.07 Å². The molecule has 6 heteroatoms. The SMILES string of the molecule is CCn1c(C2CCCN(Cc3ccc(OC)c(C)c3C)C2)n[nH]c1=O. The van der Waals surface area contributed by atoms with E-state index in [9.17, 15) is 4.79 Å². The quantitative estimate of drug-likeness (QED) is 0.905. The van der Waals surface area contributed by atoms with Gasteiger partial charge in [0.25, 0.3) is 0 Å². The summed E-state index contributed by atoms with van der Waals surface area (Å²) in [5.74, 6) is 2.16. The van der Waals surface area contributed by atoms with E-state index in [1.165, 1.54) is 16.7 Å². The Morgan fingerprint density at radius 3 is 2.84 bits per heavy atom. The number of rotatable bonds is 5. The van der Waals surface area contributed by atoms with Gasteiger partial charge in [0.15, 0.2) is 0 Å². The fraction of sp³-hybridized carbons (Fsp3) is 0.579. The molecule has 0 bridgehead atoms. The highest BCUT2D eigenvalue weighted by Gasteiger charge is 2.26. The average molecular weight is 344 g/mol. The highest BCUT2D eigenvalue weighted by molar-refractivity contribution is 5.43. The predicted molar refractivity (Wildman–Crippen MR) is 98.2 cm³/mol. The van der Waals surface area contributed by atoms with Gasteiger partial charge in [0, 0.05) is 25.6 Å². The number of hydrogen-bond donors (Lipinski definition) is 1. The number of aromatic nitrogens is 3. The average Bonchev–Trinajstić information content (AvgIpc) is 3.00. The fourth-order valence-electron chi connectivity index (χ4n) is 3.84. The van der Waals surface area contributed by atoms with E-state index in [1.807, 2.05) is 6.92 Å². The van der Waals surface area contributed by atoms with Crippen molar-refractivity contribution in [2.75, 3.05) is 20.2 Å². The molecule has 1 fully saturated rings. The lowest BCUT2D eigenvalue weighted by atomic mass is 9.95. The zero-order valence-corrected chi connectivity index (χ0v) is 15.6. The van der Waals surface area contributed by atoms with Crippen molar-refractivity contribution in [2.24, 2.45) is 0 Å². The van der Waals surface area contributed by atoms with Crippen LogP contribution in [0, 0.1) is 13.8 Å². The summed E-state index contributed by atoms with van der Waals surface area (Å²) in [4.78, 5) is 14.3. The first kappa shape index (κ1) is 17.7. The lowest BCUT2D eigenvalue weighted by Gasteiger charge is -2.32. The molecule has 1 aliphatic rings. The number of aromatic amines is 1. The first-order valence-electron chi connectivity index (χ1n) is 9.05. The molecule has 0 saturated carbocycles. The summed E-state index contributed by atoms with van der Waals surface area (Å²) in [5.41, 5.74) is 3.75. The number of nitrogens with zero attached hydrogens (tertiary/aromatic N) is 3. The molecular weight excluding hydrogens is 316 g/mol. The Kier molecular flexibility index (Phi) is 5.27. The summed E-state index contributed by atoms with van der Waals surface area (Å²) in [6.45, 7) is 9.88. The molecule has 1 aliphatic heterocycles. The molecular formula is C19H28N4O2. The molecule has 1 aromatic heterocycles. The number of likely N-dealkylation sites (tertiary alicyclic amines) is 1. The molecule has 1 atom stereocenters. The first-order chi connectivity index (χ1) is 12.0. The number of benzene rings is 1. The zero-order chi connectivity index (χ0) is 18.0. The van der Waals surface area contributed by atoms with Crippen molar-refractivity contribution < 1.29 is 4.74 Å². The molecule has 136 valence electrons. The molecule has 2 heterocycles. The molecule has 0 radical (unpaired) electrons. The molecule has 0 aliphatic carbocycles. The maximum absolute atomic E-state index is 11.8. The van der Waals surface area contributed by atoms with E-state index in [0.717, 1.165) is 44.0 Å². The van der Waals surface area contributed by atoms with E-state index in [2.05, 4.69) is 41.1 Å². The van der Waals surface area contributed by atoms with Crippen LogP contribution in [0.3, 0.4) is 0 Å². The predicted octanol–water partition coefficient (Wildman–Crippen LogP) is 2.60. The van der Waals surface area contributed by atoms with Crippen LogP contribution in [0.25, 0.3) is 0 Å². The molecule has 6 nitrogen and oxygen atoms in total. The van der Waals surface area contributed by atoms with Gasteiger partial charge in [0.1, 0.15) is 11.6 Å². The van der Waals surface area contributed by atoms with Gasteiger partial charge in [0.2, 0.25) is 0 Å². The smallest absolute Gasteiger partial charge is 0.343 e. The fourth-order valence-corrected chi connectivity index (χ4v) is 3.84. The van der Waals surface area contributed by atoms with Gasteiger partial charge >= 0.3 is 5.69 Å². The number of methoxy groups -OCH3 is 1. The maximum atomic E-state index is 11.8. The highest BCUT2D eigenvalue weighted by Crippen LogP contribution is 2.28. The van der Waals surface area contributed by atoms with Gasteiger partial charge in [-0.25, -0.2) is 9.89 Å². The first-order valence-corrected chi connectivity index (χ1v) is 9.05. The number of hydrogen-bond acceptors (Lipinski definition) is 4. The lowest BCUT2D eigenvalue weighted by molar-refractivity contribution is 0.194. The van der Waals surface area contributed by atoms with Crippen LogP contribution in [0.1, 0.15) is 48.2 Å². The number of nitrogens with one attached hydrogen (secondary N) is 1. The molecule has 1 aromatic carbocycles. The van der Waals surface area contributed by atoms with Gasteiger partial charge < -0.3 is 4.74 Å². The Hall–Kier alpha value is -2.08. The molecule has 0 amide bonds. The van der Waals surface area contributed by atoms with Crippen LogP contribution in [-0.4, -0.2) is 39.9 Å². The zero-order valence-electron chi connectivity index (χ0n) is 15.6. The molecule has 25 heavy (non-hydrogen) atoms. The Labute approximate surface area is 148 Å². The van der Waals surface area contributed by atoms with Crippen molar-refractivity contribution in [3.63, 3.8) is 0 Å². The van der Waals surface area contributed by atoms with Crippen LogP contribution >= 0.6 is 0 Å². The van der Waals surface area contributed by atoms with E-state index in [-0.39, 0.29) is 5.69 Å². The normalized spacial score (nSPS) is 18.5. The number of ether oxygens (including phenoxy) is 1. The van der Waals surface area contributed by atoms with Gasteiger partial charge in [-0.2, -0.15) is 5.10 Å². The van der Waals surface area contributed by atoms with E-state index in [1.54, 1.807) is 11.7 Å². The van der Waals surface area contributed by atoms with Crippen molar-refractivity contribution in [3.8, 4) is 5.75 Å². The van der Waals surface area contributed by atoms with Crippen molar-refractivity contribution in [1.82, 2.24) is 19.7 Å². The molecule has 1 saturated heterocycles. The summed E-state index contributed by atoms with van der Waals surface area (Å²) in [6.07, 6.45) is 2.21. The summed E-state index contributed by atoms with van der Waals surface area (Å²) in [5, 5.41) is 6.89. The minimum atomic E-state index is -0.101. The summed E-state index contributed by atoms with van der Waals surface area (Å²) in [6, 6.07) is 4.23. The van der Waals surface area contributed by atoms with E-state index in [0.29, 0.717) is 12.5 Å². The largest absolute Gasteiger partial charge is 0.496 e. The second-order valence-corrected chi connectivity index (χ2v) is 6.88. The van der Waals surface area contributed by atoms with Crippen LogP contribution < -0.4 is 10.4 Å². The minimum absolute atomic E-state index is 0.101. The molecule has 2 aromatic rings. The molecule has 1 N–H and O–H groups in total. The number of piperidine rings is 1. The van der Waals surface area contributed by atoms with Crippen LogP contribution in [0.2, 0.25) is 0 Å². The Bertz CT molecular complexity index is 793. The second kappa shape index (κ2) is 7.44. The van der Waals surface area contributed by atoms with Crippen LogP contribution in [0.5, 0.6) is 5.75 Å². The summed E-state index contributed by atoms with van der Waals surface area (Å²) >= 11 is 0. The number of H-pyrrole nitrogens is 1. The van der Waals surface area contributed by atoms with E-state index in [4.69, 9.17) is 4.74 Å². The standard InChI is InChI=1S/C19H28N4O2/c1-5-23-18(20-21-19(23)24)16-7-6-10-22(12-16)11-15-8-9-17(25-4)14(3)13(15)2/h8-9,16H,5-7,10-12H2,1-4H3,(H,21,24). The summed E-state index contributed by atoms with van der Waals surface area (Å²) in [7, 11) is 1.72. The Morgan fingerprint density at radius 2 is 2.12 bits per heavy atom. The van der Waals surface area contributed by atoms with Crippen LogP contribution in [0.15, 0.2) is 16.9 Å². The van der Waals surface area contributed by atoms with Crippen molar-refractivity contribution in [1.29, 1.82) is 0 Å². The van der Waals surface area contributed by atoms with Gasteiger partial charge in [-0.3, -0.25) is 9.47 Å². The van der Waals surface area contributed by atoms with Crippen molar-refractivity contribution in [2.45, 2.75) is 52.6 Å². The monoisotopic (exact) mass is 344 g/mol. The van der Waals surface area contributed by atoms with Crippen LogP contribution in [0.4, 0.5) is 0 Å².